The highest BCUT2D eigenvalue weighted by Gasteiger charge is 2.19. The Morgan fingerprint density at radius 3 is 2.33 bits per heavy atom. The number of benzene rings is 3. The van der Waals surface area contributed by atoms with Gasteiger partial charge in [0.2, 0.25) is 0 Å². The molecule has 156 valence electrons. The zero-order chi connectivity index (χ0) is 21.7. The van der Waals surface area contributed by atoms with E-state index in [1.807, 2.05) is 39.0 Å². The number of nitrogens with one attached hydrogen (secondary N) is 2. The molecule has 0 aliphatic rings. The van der Waals surface area contributed by atoms with Crippen molar-refractivity contribution in [2.75, 3.05) is 4.72 Å². The predicted molar refractivity (Wildman–Crippen MR) is 120 cm³/mol. The fraction of sp³-hybridized carbons (Fsp3) is 0.208. The maximum Gasteiger partial charge on any atom is 0.261 e. The highest BCUT2D eigenvalue weighted by Crippen LogP contribution is 2.23. The molecular formula is C24H26N2O3S. The Hall–Kier alpha value is -3.12. The van der Waals surface area contributed by atoms with E-state index >= 15 is 0 Å². The molecule has 0 aliphatic heterocycles. The molecule has 3 rings (SSSR count). The minimum Gasteiger partial charge on any atom is -0.345 e. The molecule has 0 radical (unpaired) electrons. The molecular weight excluding hydrogens is 396 g/mol. The first-order valence-electron chi connectivity index (χ1n) is 9.86. The van der Waals surface area contributed by atoms with Gasteiger partial charge in [-0.15, -0.1) is 0 Å². The molecule has 0 unspecified atom stereocenters. The highest BCUT2D eigenvalue weighted by atomic mass is 32.2. The van der Waals surface area contributed by atoms with Crippen LogP contribution in [-0.2, 0) is 10.0 Å². The first kappa shape index (κ1) is 21.6. The second-order valence-electron chi connectivity index (χ2n) is 7.29. The van der Waals surface area contributed by atoms with E-state index in [2.05, 4.69) is 16.1 Å². The minimum absolute atomic E-state index is 0.0403. The zero-order valence-electron chi connectivity index (χ0n) is 17.3. The molecule has 0 bridgehead atoms. The van der Waals surface area contributed by atoms with E-state index in [-0.39, 0.29) is 16.8 Å². The van der Waals surface area contributed by atoms with Crippen LogP contribution >= 0.6 is 0 Å². The van der Waals surface area contributed by atoms with Crippen LogP contribution in [0.3, 0.4) is 0 Å². The number of carbonyl (C=O) groups is 1. The second-order valence-corrected chi connectivity index (χ2v) is 8.98. The van der Waals surface area contributed by atoms with Crippen molar-refractivity contribution in [3.05, 3.63) is 95.1 Å². The fourth-order valence-electron chi connectivity index (χ4n) is 3.38. The maximum atomic E-state index is 12.9. The number of para-hydroxylation sites is 1. The van der Waals surface area contributed by atoms with Crippen molar-refractivity contribution in [2.45, 2.75) is 38.1 Å². The van der Waals surface area contributed by atoms with Crippen LogP contribution in [0.1, 0.15) is 46.4 Å². The molecule has 0 fully saturated rings. The minimum atomic E-state index is -3.80. The van der Waals surface area contributed by atoms with Crippen molar-refractivity contribution in [3.63, 3.8) is 0 Å². The van der Waals surface area contributed by atoms with Gasteiger partial charge in [-0.1, -0.05) is 55.0 Å². The van der Waals surface area contributed by atoms with Crippen molar-refractivity contribution in [3.8, 4) is 0 Å². The van der Waals surface area contributed by atoms with Crippen molar-refractivity contribution in [2.24, 2.45) is 0 Å². The molecule has 0 heterocycles. The lowest BCUT2D eigenvalue weighted by molar-refractivity contribution is 0.0935. The Bertz CT molecular complexity index is 1140. The molecule has 1 atom stereocenters. The number of carbonyl (C=O) groups excluding carboxylic acids is 1. The summed E-state index contributed by atoms with van der Waals surface area (Å²) in [4.78, 5) is 12.9. The molecule has 3 aromatic rings. The molecule has 5 nitrogen and oxygen atoms in total. The Morgan fingerprint density at radius 1 is 0.933 bits per heavy atom. The van der Waals surface area contributed by atoms with E-state index in [4.69, 9.17) is 0 Å². The third kappa shape index (κ3) is 5.07. The normalized spacial score (nSPS) is 12.2. The quantitative estimate of drug-likeness (QED) is 0.563. The van der Waals surface area contributed by atoms with Gasteiger partial charge in [0.05, 0.1) is 10.9 Å². The smallest absolute Gasteiger partial charge is 0.261 e. The van der Waals surface area contributed by atoms with Crippen LogP contribution in [0, 0.1) is 13.8 Å². The van der Waals surface area contributed by atoms with Crippen LogP contribution in [0.15, 0.2) is 77.7 Å². The Balaban J connectivity index is 1.81. The number of sulfonamides is 1. The monoisotopic (exact) mass is 422 g/mol. The summed E-state index contributed by atoms with van der Waals surface area (Å²) in [6.45, 7) is 6.07. The standard InChI is InChI=1S/C24H26N2O3S/c1-4-23(22-14-13-17(2)15-18(22)3)25-24(27)19-9-8-12-21(16-19)30(28,29)26-20-10-6-5-7-11-20/h5-16,23,26H,4H2,1-3H3,(H,25,27)/t23-/m0/s1. The number of rotatable bonds is 7. The number of hydrogen-bond donors (Lipinski definition) is 2. The molecule has 1 amide bonds. The van der Waals surface area contributed by atoms with Crippen molar-refractivity contribution < 1.29 is 13.2 Å². The van der Waals surface area contributed by atoms with Crippen molar-refractivity contribution in [1.82, 2.24) is 5.32 Å². The van der Waals surface area contributed by atoms with Gasteiger partial charge in [-0.05, 0) is 61.7 Å². The molecule has 0 aliphatic carbocycles. The largest absolute Gasteiger partial charge is 0.345 e. The van der Waals surface area contributed by atoms with Gasteiger partial charge in [-0.2, -0.15) is 0 Å². The first-order valence-corrected chi connectivity index (χ1v) is 11.3. The molecule has 3 aromatic carbocycles. The first-order chi connectivity index (χ1) is 14.3. The Labute approximate surface area is 178 Å². The Morgan fingerprint density at radius 2 is 1.67 bits per heavy atom. The number of anilines is 1. The number of hydrogen-bond acceptors (Lipinski definition) is 3. The van der Waals surface area contributed by atoms with Gasteiger partial charge < -0.3 is 5.32 Å². The lowest BCUT2D eigenvalue weighted by atomic mass is 9.97. The molecule has 0 saturated carbocycles. The fourth-order valence-corrected chi connectivity index (χ4v) is 4.49. The zero-order valence-corrected chi connectivity index (χ0v) is 18.2. The summed E-state index contributed by atoms with van der Waals surface area (Å²) in [6.07, 6.45) is 0.725. The third-order valence-electron chi connectivity index (χ3n) is 4.95. The summed E-state index contributed by atoms with van der Waals surface area (Å²) >= 11 is 0. The lowest BCUT2D eigenvalue weighted by Gasteiger charge is -2.20. The molecule has 6 heteroatoms. The van der Waals surface area contributed by atoms with E-state index in [0.717, 1.165) is 17.5 Å². The highest BCUT2D eigenvalue weighted by molar-refractivity contribution is 7.92. The van der Waals surface area contributed by atoms with Crippen molar-refractivity contribution >= 4 is 21.6 Å². The van der Waals surface area contributed by atoms with Gasteiger partial charge >= 0.3 is 0 Å². The lowest BCUT2D eigenvalue weighted by Crippen LogP contribution is -2.29. The summed E-state index contributed by atoms with van der Waals surface area (Å²) < 4.78 is 28.0. The van der Waals surface area contributed by atoms with Crippen LogP contribution in [-0.4, -0.2) is 14.3 Å². The molecule has 0 spiro atoms. The van der Waals surface area contributed by atoms with Gasteiger partial charge in [-0.3, -0.25) is 9.52 Å². The molecule has 2 N–H and O–H groups in total. The predicted octanol–water partition coefficient (Wildman–Crippen LogP) is 4.99. The number of aryl methyl sites for hydroxylation is 2. The maximum absolute atomic E-state index is 12.9. The molecule has 0 aromatic heterocycles. The van der Waals surface area contributed by atoms with E-state index in [1.54, 1.807) is 36.4 Å². The van der Waals surface area contributed by atoms with Gasteiger partial charge in [0.25, 0.3) is 15.9 Å². The van der Waals surface area contributed by atoms with Crippen LogP contribution in [0.25, 0.3) is 0 Å². The van der Waals surface area contributed by atoms with Gasteiger partial charge in [-0.25, -0.2) is 8.42 Å². The van der Waals surface area contributed by atoms with Crippen LogP contribution in [0.2, 0.25) is 0 Å². The average Bonchev–Trinajstić information content (AvgIpc) is 2.73. The third-order valence-corrected chi connectivity index (χ3v) is 6.33. The van der Waals surface area contributed by atoms with E-state index < -0.39 is 10.0 Å². The summed E-state index contributed by atoms with van der Waals surface area (Å²) in [5, 5.41) is 3.03. The summed E-state index contributed by atoms with van der Waals surface area (Å²) in [5.41, 5.74) is 4.11. The van der Waals surface area contributed by atoms with E-state index in [9.17, 15) is 13.2 Å². The van der Waals surface area contributed by atoms with Crippen LogP contribution in [0.4, 0.5) is 5.69 Å². The summed E-state index contributed by atoms with van der Waals surface area (Å²) in [5.74, 6) is -0.307. The average molecular weight is 423 g/mol. The summed E-state index contributed by atoms with van der Waals surface area (Å²) in [7, 11) is -3.80. The summed E-state index contributed by atoms with van der Waals surface area (Å²) in [6, 6.07) is 20.7. The van der Waals surface area contributed by atoms with Gasteiger partial charge in [0.15, 0.2) is 0 Å². The topological polar surface area (TPSA) is 75.3 Å². The van der Waals surface area contributed by atoms with Gasteiger partial charge in [0, 0.05) is 11.3 Å². The van der Waals surface area contributed by atoms with Crippen LogP contribution < -0.4 is 10.0 Å². The van der Waals surface area contributed by atoms with E-state index in [1.165, 1.54) is 17.7 Å². The van der Waals surface area contributed by atoms with Crippen LogP contribution in [0.5, 0.6) is 0 Å². The Kier molecular flexibility index (Phi) is 6.57. The number of amides is 1. The second kappa shape index (κ2) is 9.13. The van der Waals surface area contributed by atoms with Gasteiger partial charge in [0.1, 0.15) is 0 Å². The van der Waals surface area contributed by atoms with E-state index in [0.29, 0.717) is 11.3 Å². The van der Waals surface area contributed by atoms with Crippen molar-refractivity contribution in [1.29, 1.82) is 0 Å². The molecule has 30 heavy (non-hydrogen) atoms. The SMILES string of the molecule is CC[C@H](NC(=O)c1cccc(S(=O)(=O)Nc2ccccc2)c1)c1ccc(C)cc1C. The molecule has 0 saturated heterocycles.